The van der Waals surface area contributed by atoms with Gasteiger partial charge in [0.25, 0.3) is 11.6 Å². The smallest absolute Gasteiger partial charge is 0.331 e. The fourth-order valence-corrected chi connectivity index (χ4v) is 2.56. The lowest BCUT2D eigenvalue weighted by Gasteiger charge is -2.06. The number of hydrogen-bond donors (Lipinski definition) is 1. The quantitative estimate of drug-likeness (QED) is 0.309. The van der Waals surface area contributed by atoms with Crippen LogP contribution >= 0.6 is 34.8 Å². The van der Waals surface area contributed by atoms with Crippen molar-refractivity contribution in [2.75, 3.05) is 11.9 Å². The van der Waals surface area contributed by atoms with Crippen molar-refractivity contribution in [2.24, 2.45) is 0 Å². The van der Waals surface area contributed by atoms with Crippen LogP contribution in [0.1, 0.15) is 5.56 Å². The maximum absolute atomic E-state index is 11.8. The number of anilines is 1. The highest BCUT2D eigenvalue weighted by Crippen LogP contribution is 2.27. The maximum atomic E-state index is 11.8. The fourth-order valence-electron chi connectivity index (χ4n) is 1.91. The summed E-state index contributed by atoms with van der Waals surface area (Å²) in [5.74, 6) is -1.43. The van der Waals surface area contributed by atoms with Crippen LogP contribution in [0.3, 0.4) is 0 Å². The second-order valence-corrected chi connectivity index (χ2v) is 6.33. The molecule has 2 aromatic rings. The summed E-state index contributed by atoms with van der Waals surface area (Å²) in [4.78, 5) is 33.6. The molecule has 0 heterocycles. The van der Waals surface area contributed by atoms with Crippen molar-refractivity contribution in [2.45, 2.75) is 0 Å². The predicted molar refractivity (Wildman–Crippen MR) is 103 cm³/mol. The Labute approximate surface area is 168 Å². The number of carbonyl (C=O) groups is 2. The van der Waals surface area contributed by atoms with Gasteiger partial charge >= 0.3 is 5.97 Å². The molecule has 27 heavy (non-hydrogen) atoms. The van der Waals surface area contributed by atoms with Gasteiger partial charge in [-0.2, -0.15) is 0 Å². The van der Waals surface area contributed by atoms with Crippen LogP contribution < -0.4 is 5.32 Å². The minimum atomic E-state index is -0.766. The fraction of sp³-hybridized carbons (Fsp3) is 0.0588. The molecule has 7 nitrogen and oxygen atoms in total. The summed E-state index contributed by atoms with van der Waals surface area (Å²) in [6.45, 7) is -0.575. The molecule has 0 saturated carbocycles. The molecule has 0 saturated heterocycles. The van der Waals surface area contributed by atoms with E-state index in [2.05, 4.69) is 5.32 Å². The second-order valence-electron chi connectivity index (χ2n) is 5.08. The van der Waals surface area contributed by atoms with Crippen molar-refractivity contribution in [3.05, 3.63) is 73.2 Å². The monoisotopic (exact) mass is 428 g/mol. The highest BCUT2D eigenvalue weighted by Gasteiger charge is 2.14. The number of benzene rings is 2. The van der Waals surface area contributed by atoms with Crippen molar-refractivity contribution in [3.63, 3.8) is 0 Å². The Morgan fingerprint density at radius 2 is 1.85 bits per heavy atom. The third kappa shape index (κ3) is 6.25. The first kappa shape index (κ1) is 20.7. The molecule has 0 bridgehead atoms. The van der Waals surface area contributed by atoms with Crippen molar-refractivity contribution in [1.29, 1.82) is 0 Å². The van der Waals surface area contributed by atoms with Gasteiger partial charge in [0.15, 0.2) is 6.61 Å². The number of nitrogens with zero attached hydrogens (tertiary/aromatic N) is 1. The van der Waals surface area contributed by atoms with Gasteiger partial charge in [0.2, 0.25) is 0 Å². The van der Waals surface area contributed by atoms with Crippen LogP contribution in [0.2, 0.25) is 15.1 Å². The molecule has 0 aliphatic rings. The molecule has 0 atom stereocenters. The Bertz CT molecular complexity index is 931. The third-order valence-corrected chi connectivity index (χ3v) is 4.02. The van der Waals surface area contributed by atoms with Gasteiger partial charge < -0.3 is 10.1 Å². The van der Waals surface area contributed by atoms with E-state index in [-0.39, 0.29) is 16.4 Å². The van der Waals surface area contributed by atoms with Gasteiger partial charge in [0.05, 0.1) is 4.92 Å². The van der Waals surface area contributed by atoms with Crippen LogP contribution in [0.5, 0.6) is 0 Å². The van der Waals surface area contributed by atoms with Gasteiger partial charge in [-0.15, -0.1) is 0 Å². The second kappa shape index (κ2) is 9.36. The number of halogens is 3. The zero-order valence-corrected chi connectivity index (χ0v) is 15.7. The lowest BCUT2D eigenvalue weighted by atomic mass is 10.2. The van der Waals surface area contributed by atoms with E-state index in [0.29, 0.717) is 15.6 Å². The standard InChI is InChI=1S/C17H11Cl3N2O5/c18-11-3-1-10(14(20)7-11)2-6-17(24)27-9-16(23)21-12-4-5-13(19)15(8-12)22(25)26/h1-8H,9H2,(H,21,23). The molecule has 1 N–H and O–H groups in total. The van der Waals surface area contributed by atoms with Crippen molar-refractivity contribution < 1.29 is 19.2 Å². The molecule has 0 spiro atoms. The number of amides is 1. The minimum absolute atomic E-state index is 0.0598. The Morgan fingerprint density at radius 3 is 2.52 bits per heavy atom. The highest BCUT2D eigenvalue weighted by molar-refractivity contribution is 6.35. The minimum Gasteiger partial charge on any atom is -0.452 e. The highest BCUT2D eigenvalue weighted by atomic mass is 35.5. The molecular weight excluding hydrogens is 419 g/mol. The zero-order chi connectivity index (χ0) is 20.0. The molecule has 0 radical (unpaired) electrons. The number of ether oxygens (including phenoxy) is 1. The summed E-state index contributed by atoms with van der Waals surface area (Å²) in [5.41, 5.74) is 0.348. The van der Waals surface area contributed by atoms with E-state index >= 15 is 0 Å². The lowest BCUT2D eigenvalue weighted by Crippen LogP contribution is -2.20. The molecule has 2 rings (SSSR count). The van der Waals surface area contributed by atoms with Gasteiger partial charge in [-0.3, -0.25) is 14.9 Å². The van der Waals surface area contributed by atoms with E-state index in [1.807, 2.05) is 0 Å². The average molecular weight is 430 g/mol. The number of rotatable bonds is 6. The number of nitro benzene ring substituents is 1. The van der Waals surface area contributed by atoms with Gasteiger partial charge in [-0.05, 0) is 35.9 Å². The summed E-state index contributed by atoms with van der Waals surface area (Å²) >= 11 is 17.4. The zero-order valence-electron chi connectivity index (χ0n) is 13.4. The Morgan fingerprint density at radius 1 is 1.11 bits per heavy atom. The van der Waals surface area contributed by atoms with Gasteiger partial charge in [0.1, 0.15) is 5.02 Å². The summed E-state index contributed by atoms with van der Waals surface area (Å²) in [6, 6.07) is 8.51. The number of nitro groups is 1. The van der Waals surface area contributed by atoms with Crippen LogP contribution in [0, 0.1) is 10.1 Å². The first-order valence-corrected chi connectivity index (χ1v) is 8.43. The molecule has 10 heteroatoms. The normalized spacial score (nSPS) is 10.6. The topological polar surface area (TPSA) is 98.5 Å². The van der Waals surface area contributed by atoms with Crippen LogP contribution in [0.15, 0.2) is 42.5 Å². The first-order valence-electron chi connectivity index (χ1n) is 7.30. The van der Waals surface area contributed by atoms with E-state index in [1.165, 1.54) is 24.3 Å². The SMILES string of the molecule is O=C(COC(=O)C=Cc1ccc(Cl)cc1Cl)Nc1ccc(Cl)c([N+](=O)[O-])c1. The molecule has 0 aliphatic carbocycles. The molecule has 2 aromatic carbocycles. The largest absolute Gasteiger partial charge is 0.452 e. The Balaban J connectivity index is 1.89. The van der Waals surface area contributed by atoms with Crippen molar-refractivity contribution in [1.82, 2.24) is 0 Å². The molecule has 0 unspecified atom stereocenters. The summed E-state index contributed by atoms with van der Waals surface area (Å²) in [6.07, 6.45) is 2.52. The number of nitrogens with one attached hydrogen (secondary N) is 1. The molecular formula is C17H11Cl3N2O5. The van der Waals surface area contributed by atoms with Crippen LogP contribution in [0.4, 0.5) is 11.4 Å². The lowest BCUT2D eigenvalue weighted by molar-refractivity contribution is -0.384. The van der Waals surface area contributed by atoms with Crippen LogP contribution in [-0.2, 0) is 14.3 Å². The number of hydrogen-bond acceptors (Lipinski definition) is 5. The van der Waals surface area contributed by atoms with E-state index < -0.39 is 23.4 Å². The van der Waals surface area contributed by atoms with Gasteiger partial charge in [0, 0.05) is 27.9 Å². The van der Waals surface area contributed by atoms with Gasteiger partial charge in [-0.25, -0.2) is 4.79 Å². The van der Waals surface area contributed by atoms with Crippen LogP contribution in [-0.4, -0.2) is 23.4 Å². The van der Waals surface area contributed by atoms with E-state index in [4.69, 9.17) is 39.5 Å². The molecule has 140 valence electrons. The molecule has 0 aliphatic heterocycles. The van der Waals surface area contributed by atoms with Crippen molar-refractivity contribution in [3.8, 4) is 0 Å². The van der Waals surface area contributed by atoms with E-state index in [0.717, 1.165) is 12.1 Å². The summed E-state index contributed by atoms with van der Waals surface area (Å²) in [7, 11) is 0. The number of carbonyl (C=O) groups excluding carboxylic acids is 2. The molecule has 0 aromatic heterocycles. The van der Waals surface area contributed by atoms with Crippen LogP contribution in [0.25, 0.3) is 6.08 Å². The van der Waals surface area contributed by atoms with E-state index in [1.54, 1.807) is 12.1 Å². The third-order valence-electron chi connectivity index (χ3n) is 3.13. The van der Waals surface area contributed by atoms with Gasteiger partial charge in [-0.1, -0.05) is 40.9 Å². The summed E-state index contributed by atoms with van der Waals surface area (Å²) < 4.78 is 4.80. The van der Waals surface area contributed by atoms with Crippen molar-refractivity contribution >= 4 is 64.1 Å². The molecule has 1 amide bonds. The molecule has 0 fully saturated rings. The van der Waals surface area contributed by atoms with E-state index in [9.17, 15) is 19.7 Å². The Kier molecular flexibility index (Phi) is 7.18. The first-order chi connectivity index (χ1) is 12.8. The summed E-state index contributed by atoms with van der Waals surface area (Å²) in [5, 5.41) is 13.9. The number of esters is 1. The maximum Gasteiger partial charge on any atom is 0.331 e. The predicted octanol–water partition coefficient (Wildman–Crippen LogP) is 4.75. The Hall–Kier alpha value is -2.61. The average Bonchev–Trinajstić information content (AvgIpc) is 2.60.